The van der Waals surface area contributed by atoms with Crippen molar-refractivity contribution in [2.45, 2.75) is 18.8 Å². The number of carbonyl (C=O) groups excluding carboxylic acids is 1. The summed E-state index contributed by atoms with van der Waals surface area (Å²) in [5.74, 6) is -0.278. The third kappa shape index (κ3) is 1.50. The summed E-state index contributed by atoms with van der Waals surface area (Å²) in [4.78, 5) is 11.4. The molecule has 0 N–H and O–H groups in total. The molecule has 2 rings (SSSR count). The Kier molecular flexibility index (Phi) is 2.46. The molecule has 0 amide bonds. The lowest BCUT2D eigenvalue weighted by Crippen LogP contribution is -2.11. The third-order valence-corrected chi connectivity index (χ3v) is 2.91. The minimum Gasteiger partial charge on any atom is -0.469 e. The number of esters is 1. The number of benzene rings is 1. The normalized spacial score (nSPS) is 19.1. The molecule has 0 saturated heterocycles. The van der Waals surface area contributed by atoms with E-state index in [-0.39, 0.29) is 11.9 Å². The van der Waals surface area contributed by atoms with Crippen LogP contribution in [0.1, 0.15) is 23.5 Å². The van der Waals surface area contributed by atoms with Crippen LogP contribution in [0.15, 0.2) is 18.2 Å². The predicted octanol–water partition coefficient (Wildman–Crippen LogP) is 2.54. The molecule has 74 valence electrons. The van der Waals surface area contributed by atoms with Gasteiger partial charge in [-0.3, -0.25) is 4.79 Å². The van der Waals surface area contributed by atoms with Gasteiger partial charge in [0.2, 0.25) is 0 Å². The Morgan fingerprint density at radius 3 is 3.07 bits per heavy atom. The molecule has 1 aromatic rings. The van der Waals surface area contributed by atoms with Crippen LogP contribution in [0.25, 0.3) is 0 Å². The van der Waals surface area contributed by atoms with Crippen LogP contribution in [-0.2, 0) is 16.0 Å². The van der Waals surface area contributed by atoms with Gasteiger partial charge in [-0.2, -0.15) is 0 Å². The second-order valence-electron chi connectivity index (χ2n) is 3.46. The van der Waals surface area contributed by atoms with Crippen molar-refractivity contribution in [2.24, 2.45) is 0 Å². The Labute approximate surface area is 87.8 Å². The molecule has 3 heteroatoms. The molecule has 0 heterocycles. The van der Waals surface area contributed by atoms with Gasteiger partial charge < -0.3 is 4.74 Å². The third-order valence-electron chi connectivity index (χ3n) is 2.67. The summed E-state index contributed by atoms with van der Waals surface area (Å²) in [5, 5.41) is 0.680. The van der Waals surface area contributed by atoms with E-state index in [0.717, 1.165) is 18.4 Å². The van der Waals surface area contributed by atoms with Crippen LogP contribution in [0.4, 0.5) is 0 Å². The molecule has 1 atom stereocenters. The molecule has 0 spiro atoms. The summed E-state index contributed by atoms with van der Waals surface area (Å²) in [6, 6.07) is 5.71. The lowest BCUT2D eigenvalue weighted by molar-refractivity contribution is -0.142. The highest BCUT2D eigenvalue weighted by Crippen LogP contribution is 2.35. The van der Waals surface area contributed by atoms with Gasteiger partial charge in [0.1, 0.15) is 0 Å². The Bertz CT molecular complexity index is 374. The van der Waals surface area contributed by atoms with Crippen LogP contribution in [0.2, 0.25) is 5.02 Å². The smallest absolute Gasteiger partial charge is 0.313 e. The van der Waals surface area contributed by atoms with E-state index in [9.17, 15) is 4.79 Å². The van der Waals surface area contributed by atoms with Gasteiger partial charge >= 0.3 is 5.97 Å². The van der Waals surface area contributed by atoms with Crippen molar-refractivity contribution in [1.29, 1.82) is 0 Å². The lowest BCUT2D eigenvalue weighted by atomic mass is 10.0. The number of methoxy groups -OCH3 is 1. The quantitative estimate of drug-likeness (QED) is 0.666. The largest absolute Gasteiger partial charge is 0.469 e. The van der Waals surface area contributed by atoms with Gasteiger partial charge in [0.15, 0.2) is 0 Å². The zero-order valence-electron chi connectivity index (χ0n) is 7.92. The first-order valence-electron chi connectivity index (χ1n) is 4.58. The van der Waals surface area contributed by atoms with E-state index in [1.807, 2.05) is 18.2 Å². The fraction of sp³-hybridized carbons (Fsp3) is 0.364. The van der Waals surface area contributed by atoms with E-state index in [1.54, 1.807) is 0 Å². The van der Waals surface area contributed by atoms with Crippen molar-refractivity contribution in [3.63, 3.8) is 0 Å². The standard InChI is InChI=1S/C11H11ClO2/c1-14-11(13)9-5-3-7-2-4-8(12)6-10(7)9/h2,4,6,9H,3,5H2,1H3. The fourth-order valence-corrected chi connectivity index (χ4v) is 2.14. The highest BCUT2D eigenvalue weighted by atomic mass is 35.5. The molecule has 0 bridgehead atoms. The number of halogens is 1. The zero-order valence-corrected chi connectivity index (χ0v) is 8.67. The van der Waals surface area contributed by atoms with Crippen LogP contribution < -0.4 is 0 Å². The summed E-state index contributed by atoms with van der Waals surface area (Å²) in [7, 11) is 1.42. The molecule has 14 heavy (non-hydrogen) atoms. The molecule has 1 aliphatic rings. The number of aryl methyl sites for hydroxylation is 1. The number of ether oxygens (including phenoxy) is 1. The first-order chi connectivity index (χ1) is 6.72. The average molecular weight is 211 g/mol. The summed E-state index contributed by atoms with van der Waals surface area (Å²) in [5.41, 5.74) is 2.24. The minimum atomic E-state index is -0.161. The van der Waals surface area contributed by atoms with Gasteiger partial charge in [-0.05, 0) is 36.1 Å². The highest BCUT2D eigenvalue weighted by molar-refractivity contribution is 6.30. The molecule has 0 saturated carbocycles. The second kappa shape index (κ2) is 3.62. The zero-order chi connectivity index (χ0) is 10.1. The topological polar surface area (TPSA) is 26.3 Å². The van der Waals surface area contributed by atoms with Gasteiger partial charge in [0.25, 0.3) is 0 Å². The second-order valence-corrected chi connectivity index (χ2v) is 3.89. The first kappa shape index (κ1) is 9.53. The van der Waals surface area contributed by atoms with Crippen molar-refractivity contribution in [2.75, 3.05) is 7.11 Å². The Hall–Kier alpha value is -1.02. The van der Waals surface area contributed by atoms with Gasteiger partial charge in [0, 0.05) is 5.02 Å². The van der Waals surface area contributed by atoms with Crippen LogP contribution in [0, 0.1) is 0 Å². The molecule has 2 nitrogen and oxygen atoms in total. The molecule has 1 aliphatic carbocycles. The van der Waals surface area contributed by atoms with E-state index in [1.165, 1.54) is 12.7 Å². The summed E-state index contributed by atoms with van der Waals surface area (Å²) >= 11 is 5.88. The van der Waals surface area contributed by atoms with E-state index in [4.69, 9.17) is 16.3 Å². The fourth-order valence-electron chi connectivity index (χ4n) is 1.96. The summed E-state index contributed by atoms with van der Waals surface area (Å²) in [6.45, 7) is 0. The molecule has 0 fully saturated rings. The Morgan fingerprint density at radius 2 is 2.36 bits per heavy atom. The number of hydrogen-bond acceptors (Lipinski definition) is 2. The molecular formula is C11H11ClO2. The number of fused-ring (bicyclic) bond motifs is 1. The molecule has 1 unspecified atom stereocenters. The maximum Gasteiger partial charge on any atom is 0.313 e. The van der Waals surface area contributed by atoms with Gasteiger partial charge in [-0.25, -0.2) is 0 Å². The molecule has 1 aromatic carbocycles. The molecule has 0 aliphatic heterocycles. The Morgan fingerprint density at radius 1 is 1.57 bits per heavy atom. The van der Waals surface area contributed by atoms with Crippen LogP contribution in [0.5, 0.6) is 0 Å². The van der Waals surface area contributed by atoms with Crippen molar-refractivity contribution < 1.29 is 9.53 Å². The number of rotatable bonds is 1. The molecule has 0 radical (unpaired) electrons. The summed E-state index contributed by atoms with van der Waals surface area (Å²) < 4.78 is 4.75. The van der Waals surface area contributed by atoms with Crippen molar-refractivity contribution in [3.05, 3.63) is 34.3 Å². The van der Waals surface area contributed by atoms with E-state index >= 15 is 0 Å². The number of carbonyl (C=O) groups is 1. The SMILES string of the molecule is COC(=O)C1CCc2ccc(Cl)cc21. The average Bonchev–Trinajstić information content (AvgIpc) is 2.59. The minimum absolute atomic E-state index is 0.117. The molecule has 0 aromatic heterocycles. The Balaban J connectivity index is 2.38. The van der Waals surface area contributed by atoms with Crippen molar-refractivity contribution >= 4 is 17.6 Å². The maximum atomic E-state index is 11.4. The van der Waals surface area contributed by atoms with E-state index < -0.39 is 0 Å². The van der Waals surface area contributed by atoms with Crippen molar-refractivity contribution in [3.8, 4) is 0 Å². The van der Waals surface area contributed by atoms with Crippen LogP contribution in [-0.4, -0.2) is 13.1 Å². The van der Waals surface area contributed by atoms with Crippen LogP contribution in [0.3, 0.4) is 0 Å². The first-order valence-corrected chi connectivity index (χ1v) is 4.96. The van der Waals surface area contributed by atoms with Gasteiger partial charge in [0.05, 0.1) is 13.0 Å². The maximum absolute atomic E-state index is 11.4. The number of hydrogen-bond donors (Lipinski definition) is 0. The summed E-state index contributed by atoms with van der Waals surface area (Å²) in [6.07, 6.45) is 1.77. The van der Waals surface area contributed by atoms with Crippen LogP contribution >= 0.6 is 11.6 Å². The van der Waals surface area contributed by atoms with Crippen molar-refractivity contribution in [1.82, 2.24) is 0 Å². The van der Waals surface area contributed by atoms with E-state index in [0.29, 0.717) is 5.02 Å². The molecular weight excluding hydrogens is 200 g/mol. The predicted molar refractivity (Wildman–Crippen MR) is 54.5 cm³/mol. The lowest BCUT2D eigenvalue weighted by Gasteiger charge is -2.08. The monoisotopic (exact) mass is 210 g/mol. The van der Waals surface area contributed by atoms with Gasteiger partial charge in [-0.15, -0.1) is 0 Å². The van der Waals surface area contributed by atoms with Gasteiger partial charge in [-0.1, -0.05) is 17.7 Å². The van der Waals surface area contributed by atoms with E-state index in [2.05, 4.69) is 0 Å². The highest BCUT2D eigenvalue weighted by Gasteiger charge is 2.29.